The van der Waals surface area contributed by atoms with E-state index in [0.717, 1.165) is 18.4 Å². The number of nitrogens with one attached hydrogen (secondary N) is 2. The Hall–Kier alpha value is -2.43. The van der Waals surface area contributed by atoms with E-state index in [4.69, 9.17) is 4.74 Å². The second kappa shape index (κ2) is 7.21. The summed E-state index contributed by atoms with van der Waals surface area (Å²) in [7, 11) is 0. The van der Waals surface area contributed by atoms with Crippen LogP contribution in [0.2, 0.25) is 0 Å². The normalized spacial score (nSPS) is 16.5. The van der Waals surface area contributed by atoms with Gasteiger partial charge in [0.1, 0.15) is 11.3 Å². The fourth-order valence-electron chi connectivity index (χ4n) is 2.45. The highest BCUT2D eigenvalue weighted by Crippen LogP contribution is 2.39. The maximum Gasteiger partial charge on any atom is 0.422 e. The molecule has 0 spiro atoms. The minimum Gasteiger partial charge on any atom is -0.482 e. The van der Waals surface area contributed by atoms with Gasteiger partial charge in [-0.2, -0.15) is 18.4 Å². The van der Waals surface area contributed by atoms with E-state index in [9.17, 15) is 23.2 Å². The average Bonchev–Trinajstić information content (AvgIpc) is 3.36. The highest BCUT2D eigenvalue weighted by molar-refractivity contribution is 5.82. The van der Waals surface area contributed by atoms with Crippen LogP contribution in [0, 0.1) is 24.2 Å². The number of amides is 1. The first kappa shape index (κ1) is 18.9. The molecule has 2 rings (SSSR count). The van der Waals surface area contributed by atoms with E-state index in [-0.39, 0.29) is 23.9 Å². The van der Waals surface area contributed by atoms with Crippen molar-refractivity contribution in [3.05, 3.63) is 23.8 Å². The monoisotopic (exact) mass is 355 g/mol. The zero-order valence-corrected chi connectivity index (χ0v) is 14.0. The lowest BCUT2D eigenvalue weighted by molar-refractivity contribution is -0.153. The molecule has 136 valence electrons. The van der Waals surface area contributed by atoms with Crippen LogP contribution < -0.4 is 15.4 Å². The summed E-state index contributed by atoms with van der Waals surface area (Å²) in [6, 6.07) is 6.84. The van der Waals surface area contributed by atoms with Gasteiger partial charge in [-0.25, -0.2) is 0 Å². The quantitative estimate of drug-likeness (QED) is 0.788. The van der Waals surface area contributed by atoms with Gasteiger partial charge >= 0.3 is 6.18 Å². The van der Waals surface area contributed by atoms with Gasteiger partial charge in [0.25, 0.3) is 0 Å². The number of halogens is 3. The van der Waals surface area contributed by atoms with Crippen molar-refractivity contribution >= 4 is 11.6 Å². The third kappa shape index (κ3) is 5.55. The van der Waals surface area contributed by atoms with Gasteiger partial charge in [0, 0.05) is 0 Å². The number of aryl methyl sites for hydroxylation is 1. The number of carbonyl (C=O) groups is 1. The van der Waals surface area contributed by atoms with E-state index < -0.39 is 24.2 Å². The summed E-state index contributed by atoms with van der Waals surface area (Å²) < 4.78 is 41.9. The molecule has 0 aromatic heterocycles. The highest BCUT2D eigenvalue weighted by atomic mass is 19.4. The van der Waals surface area contributed by atoms with E-state index in [0.29, 0.717) is 0 Å². The third-order valence-electron chi connectivity index (χ3n) is 3.99. The van der Waals surface area contributed by atoms with Crippen molar-refractivity contribution in [2.24, 2.45) is 5.92 Å². The van der Waals surface area contributed by atoms with Crippen LogP contribution in [0.1, 0.15) is 25.3 Å². The number of anilines is 1. The Morgan fingerprint density at radius 2 is 2.08 bits per heavy atom. The summed E-state index contributed by atoms with van der Waals surface area (Å²) in [5, 5.41) is 14.7. The smallest absolute Gasteiger partial charge is 0.422 e. The van der Waals surface area contributed by atoms with Gasteiger partial charge in [-0.05, 0) is 50.3 Å². The van der Waals surface area contributed by atoms with Gasteiger partial charge in [0.2, 0.25) is 5.91 Å². The number of nitrogens with zero attached hydrogens (tertiary/aromatic N) is 1. The maximum absolute atomic E-state index is 12.4. The van der Waals surface area contributed by atoms with Crippen molar-refractivity contribution in [3.8, 4) is 11.8 Å². The van der Waals surface area contributed by atoms with Crippen LogP contribution in [0.5, 0.6) is 5.75 Å². The van der Waals surface area contributed by atoms with Crippen LogP contribution in [0.25, 0.3) is 0 Å². The fourth-order valence-corrected chi connectivity index (χ4v) is 2.45. The second-order valence-corrected chi connectivity index (χ2v) is 6.39. The molecule has 1 atom stereocenters. The predicted octanol–water partition coefficient (Wildman–Crippen LogP) is 3.16. The molecule has 1 aromatic rings. The largest absolute Gasteiger partial charge is 0.482 e. The van der Waals surface area contributed by atoms with Gasteiger partial charge in [0.15, 0.2) is 6.61 Å². The van der Waals surface area contributed by atoms with E-state index in [2.05, 4.69) is 16.7 Å². The zero-order valence-electron chi connectivity index (χ0n) is 14.0. The number of nitriles is 1. The van der Waals surface area contributed by atoms with E-state index in [1.165, 1.54) is 6.07 Å². The molecule has 1 aliphatic rings. The SMILES string of the molecule is Cc1ccc(NCC(=O)N[C@@](C)(C#N)C2CC2)c(OCC(F)(F)F)c1. The Kier molecular flexibility index (Phi) is 5.45. The van der Waals surface area contributed by atoms with Crippen LogP contribution in [-0.4, -0.2) is 30.8 Å². The topological polar surface area (TPSA) is 74.2 Å². The predicted molar refractivity (Wildman–Crippen MR) is 86.1 cm³/mol. The van der Waals surface area contributed by atoms with Crippen LogP contribution in [-0.2, 0) is 4.79 Å². The third-order valence-corrected chi connectivity index (χ3v) is 3.99. The molecule has 1 amide bonds. The molecule has 25 heavy (non-hydrogen) atoms. The lowest BCUT2D eigenvalue weighted by Crippen LogP contribution is -2.48. The highest BCUT2D eigenvalue weighted by Gasteiger charge is 2.42. The first-order valence-electron chi connectivity index (χ1n) is 7.89. The fraction of sp³-hybridized carbons (Fsp3) is 0.529. The Morgan fingerprint density at radius 3 is 2.64 bits per heavy atom. The number of hydrogen-bond acceptors (Lipinski definition) is 4. The second-order valence-electron chi connectivity index (χ2n) is 6.39. The van der Waals surface area contributed by atoms with Crippen molar-refractivity contribution in [1.82, 2.24) is 5.32 Å². The van der Waals surface area contributed by atoms with Crippen molar-refractivity contribution in [2.75, 3.05) is 18.5 Å². The summed E-state index contributed by atoms with van der Waals surface area (Å²) in [4.78, 5) is 12.1. The van der Waals surface area contributed by atoms with Gasteiger partial charge < -0.3 is 15.4 Å². The van der Waals surface area contributed by atoms with Gasteiger partial charge in [-0.1, -0.05) is 6.07 Å². The molecule has 0 unspecified atom stereocenters. The zero-order chi connectivity index (χ0) is 18.7. The van der Waals surface area contributed by atoms with Gasteiger partial charge in [-0.15, -0.1) is 0 Å². The number of hydrogen-bond donors (Lipinski definition) is 2. The average molecular weight is 355 g/mol. The molecule has 0 radical (unpaired) electrons. The van der Waals surface area contributed by atoms with E-state index >= 15 is 0 Å². The number of benzene rings is 1. The Labute approximate surface area is 144 Å². The van der Waals surface area contributed by atoms with Gasteiger partial charge in [-0.3, -0.25) is 4.79 Å². The molecule has 1 fully saturated rings. The summed E-state index contributed by atoms with van der Waals surface area (Å²) in [6.07, 6.45) is -2.66. The van der Waals surface area contributed by atoms with Crippen LogP contribution >= 0.6 is 0 Å². The lowest BCUT2D eigenvalue weighted by atomic mass is 9.98. The molecule has 1 aliphatic carbocycles. The molecule has 0 saturated heterocycles. The Morgan fingerprint density at radius 1 is 1.40 bits per heavy atom. The van der Waals surface area contributed by atoms with Crippen LogP contribution in [0.4, 0.5) is 18.9 Å². The van der Waals surface area contributed by atoms with Crippen LogP contribution in [0.15, 0.2) is 18.2 Å². The number of carbonyl (C=O) groups excluding carboxylic acids is 1. The van der Waals surface area contributed by atoms with Crippen molar-refractivity contribution in [3.63, 3.8) is 0 Å². The van der Waals surface area contributed by atoms with Crippen molar-refractivity contribution < 1.29 is 22.7 Å². The van der Waals surface area contributed by atoms with E-state index in [1.54, 1.807) is 26.0 Å². The molecule has 0 heterocycles. The number of rotatable bonds is 7. The Bertz CT molecular complexity index is 681. The summed E-state index contributed by atoms with van der Waals surface area (Å²) in [5.74, 6) is -0.236. The first-order chi connectivity index (χ1) is 11.6. The van der Waals surface area contributed by atoms with Crippen molar-refractivity contribution in [1.29, 1.82) is 5.26 Å². The number of ether oxygens (including phenoxy) is 1. The lowest BCUT2D eigenvalue weighted by Gasteiger charge is -2.23. The van der Waals surface area contributed by atoms with Crippen molar-refractivity contribution in [2.45, 2.75) is 38.4 Å². The standard InChI is InChI=1S/C17H20F3N3O2/c1-11-3-6-13(14(7-11)25-10-17(18,19)20)22-8-15(24)23-16(2,9-21)12-4-5-12/h3,6-7,12,22H,4-5,8,10H2,1-2H3,(H,23,24)/t16-/m0/s1. The molecule has 1 saturated carbocycles. The molecule has 8 heteroatoms. The minimum atomic E-state index is -4.45. The summed E-state index contributed by atoms with van der Waals surface area (Å²) in [6.45, 7) is 1.82. The molecule has 5 nitrogen and oxygen atoms in total. The molecule has 0 aliphatic heterocycles. The Balaban J connectivity index is 1.97. The van der Waals surface area contributed by atoms with Crippen LogP contribution in [0.3, 0.4) is 0 Å². The maximum atomic E-state index is 12.4. The summed E-state index contributed by atoms with van der Waals surface area (Å²) in [5.41, 5.74) is 0.106. The molecular formula is C17H20F3N3O2. The molecular weight excluding hydrogens is 335 g/mol. The molecule has 0 bridgehead atoms. The molecule has 1 aromatic carbocycles. The first-order valence-corrected chi connectivity index (χ1v) is 7.89. The van der Waals surface area contributed by atoms with E-state index in [1.807, 2.05) is 0 Å². The minimum absolute atomic E-state index is 0.0235. The number of alkyl halides is 3. The summed E-state index contributed by atoms with van der Waals surface area (Å²) >= 11 is 0. The molecule has 2 N–H and O–H groups in total. The van der Waals surface area contributed by atoms with Gasteiger partial charge in [0.05, 0.1) is 18.3 Å².